The third kappa shape index (κ3) is 3.21. The standard InChI is InChI=1S/C13H20N2O4S/c1-13(2,3)19-12(16)11-8-10(9-14-11)20(17,18)15-6-4-5-7-15/h8-9,14H,4-7H2,1-3H3. The number of carbonyl (C=O) groups is 1. The van der Waals surface area contributed by atoms with Crippen LogP contribution in [0.5, 0.6) is 0 Å². The Morgan fingerprint density at radius 2 is 1.90 bits per heavy atom. The highest BCUT2D eigenvalue weighted by Crippen LogP contribution is 2.22. The molecule has 0 saturated carbocycles. The van der Waals surface area contributed by atoms with E-state index in [1.54, 1.807) is 20.8 Å². The largest absolute Gasteiger partial charge is 0.455 e. The first-order chi connectivity index (χ1) is 9.20. The fourth-order valence-electron chi connectivity index (χ4n) is 2.05. The number of esters is 1. The van der Waals surface area contributed by atoms with Gasteiger partial charge in [-0.25, -0.2) is 13.2 Å². The van der Waals surface area contributed by atoms with E-state index in [1.165, 1.54) is 16.6 Å². The van der Waals surface area contributed by atoms with E-state index in [-0.39, 0.29) is 10.6 Å². The van der Waals surface area contributed by atoms with Crippen molar-refractivity contribution in [2.24, 2.45) is 0 Å². The van der Waals surface area contributed by atoms with Gasteiger partial charge >= 0.3 is 5.97 Å². The summed E-state index contributed by atoms with van der Waals surface area (Å²) in [4.78, 5) is 14.6. The van der Waals surface area contributed by atoms with Crippen molar-refractivity contribution in [2.45, 2.75) is 44.1 Å². The highest BCUT2D eigenvalue weighted by Gasteiger charge is 2.29. The van der Waals surface area contributed by atoms with E-state index in [4.69, 9.17) is 4.74 Å². The Balaban J connectivity index is 2.18. The van der Waals surface area contributed by atoms with Crippen LogP contribution in [0.4, 0.5) is 0 Å². The first-order valence-electron chi connectivity index (χ1n) is 6.62. The van der Waals surface area contributed by atoms with Crippen LogP contribution in [-0.4, -0.2) is 42.4 Å². The summed E-state index contributed by atoms with van der Waals surface area (Å²) in [6.45, 7) is 6.35. The van der Waals surface area contributed by atoms with Crippen LogP contribution in [0.25, 0.3) is 0 Å². The Hall–Kier alpha value is -1.34. The minimum atomic E-state index is -3.50. The molecule has 6 nitrogen and oxygen atoms in total. The Bertz CT molecular complexity index is 592. The van der Waals surface area contributed by atoms with Gasteiger partial charge < -0.3 is 9.72 Å². The molecule has 0 amide bonds. The molecule has 1 aliphatic heterocycles. The molecule has 20 heavy (non-hydrogen) atoms. The number of hydrogen-bond donors (Lipinski definition) is 1. The quantitative estimate of drug-likeness (QED) is 0.863. The van der Waals surface area contributed by atoms with Crippen molar-refractivity contribution in [1.82, 2.24) is 9.29 Å². The smallest absolute Gasteiger partial charge is 0.355 e. The van der Waals surface area contributed by atoms with Gasteiger partial charge in [-0.3, -0.25) is 0 Å². The summed E-state index contributed by atoms with van der Waals surface area (Å²) in [5.74, 6) is -0.555. The highest BCUT2D eigenvalue weighted by atomic mass is 32.2. The molecule has 0 aromatic carbocycles. The predicted molar refractivity (Wildman–Crippen MR) is 74.0 cm³/mol. The van der Waals surface area contributed by atoms with E-state index < -0.39 is 21.6 Å². The number of H-pyrrole nitrogens is 1. The van der Waals surface area contributed by atoms with Gasteiger partial charge in [-0.15, -0.1) is 0 Å². The van der Waals surface area contributed by atoms with E-state index in [0.29, 0.717) is 13.1 Å². The van der Waals surface area contributed by atoms with Gasteiger partial charge in [0, 0.05) is 19.3 Å². The van der Waals surface area contributed by atoms with E-state index in [0.717, 1.165) is 12.8 Å². The summed E-state index contributed by atoms with van der Waals surface area (Å²) in [6, 6.07) is 1.34. The molecule has 1 N–H and O–H groups in total. The summed E-state index contributed by atoms with van der Waals surface area (Å²) in [5.41, 5.74) is -0.464. The molecule has 112 valence electrons. The number of nitrogens with zero attached hydrogens (tertiary/aromatic N) is 1. The second kappa shape index (κ2) is 5.21. The van der Waals surface area contributed by atoms with Gasteiger partial charge in [0.1, 0.15) is 16.2 Å². The lowest BCUT2D eigenvalue weighted by Gasteiger charge is -2.18. The van der Waals surface area contributed by atoms with Crippen LogP contribution >= 0.6 is 0 Å². The molecule has 1 fully saturated rings. The number of nitrogens with one attached hydrogen (secondary N) is 1. The van der Waals surface area contributed by atoms with Gasteiger partial charge in [0.05, 0.1) is 0 Å². The number of hydrogen-bond acceptors (Lipinski definition) is 4. The van der Waals surface area contributed by atoms with Gasteiger partial charge in [0.25, 0.3) is 0 Å². The molecule has 0 spiro atoms. The number of aromatic nitrogens is 1. The zero-order valence-corrected chi connectivity index (χ0v) is 12.8. The number of ether oxygens (including phenoxy) is 1. The molecule has 0 unspecified atom stereocenters. The summed E-state index contributed by atoms with van der Waals surface area (Å²) < 4.78 is 31.3. The minimum Gasteiger partial charge on any atom is -0.455 e. The second-order valence-electron chi connectivity index (χ2n) is 5.86. The molecule has 0 radical (unpaired) electrons. The normalized spacial score (nSPS) is 17.4. The molecule has 1 saturated heterocycles. The number of carbonyl (C=O) groups excluding carboxylic acids is 1. The topological polar surface area (TPSA) is 79.5 Å². The number of rotatable bonds is 3. The maximum Gasteiger partial charge on any atom is 0.355 e. The van der Waals surface area contributed by atoms with Crippen LogP contribution < -0.4 is 0 Å². The highest BCUT2D eigenvalue weighted by molar-refractivity contribution is 7.89. The molecule has 0 bridgehead atoms. The Morgan fingerprint density at radius 3 is 2.45 bits per heavy atom. The van der Waals surface area contributed by atoms with Crippen LogP contribution in [-0.2, 0) is 14.8 Å². The van der Waals surface area contributed by atoms with Crippen molar-refractivity contribution in [3.8, 4) is 0 Å². The van der Waals surface area contributed by atoms with E-state index >= 15 is 0 Å². The Kier molecular flexibility index (Phi) is 3.93. The Morgan fingerprint density at radius 1 is 1.30 bits per heavy atom. The summed E-state index contributed by atoms with van der Waals surface area (Å²) in [5, 5.41) is 0. The van der Waals surface area contributed by atoms with Crippen molar-refractivity contribution in [3.63, 3.8) is 0 Å². The number of sulfonamides is 1. The third-order valence-corrected chi connectivity index (χ3v) is 4.85. The van der Waals surface area contributed by atoms with Crippen LogP contribution in [0, 0.1) is 0 Å². The molecular weight excluding hydrogens is 280 g/mol. The van der Waals surface area contributed by atoms with Crippen LogP contribution in [0.1, 0.15) is 44.1 Å². The van der Waals surface area contributed by atoms with Gasteiger partial charge in [0.15, 0.2) is 0 Å². The molecule has 1 aromatic rings. The van der Waals surface area contributed by atoms with Gasteiger partial charge in [-0.1, -0.05) is 0 Å². The van der Waals surface area contributed by atoms with E-state index in [9.17, 15) is 13.2 Å². The summed E-state index contributed by atoms with van der Waals surface area (Å²) in [6.07, 6.45) is 3.10. The predicted octanol–water partition coefficient (Wildman–Crippen LogP) is 1.75. The fourth-order valence-corrected chi connectivity index (χ4v) is 3.56. The van der Waals surface area contributed by atoms with E-state index in [1.807, 2.05) is 0 Å². The first-order valence-corrected chi connectivity index (χ1v) is 8.06. The fraction of sp³-hybridized carbons (Fsp3) is 0.615. The lowest BCUT2D eigenvalue weighted by Crippen LogP contribution is -2.27. The average molecular weight is 300 g/mol. The maximum absolute atomic E-state index is 12.3. The molecule has 2 heterocycles. The molecule has 0 atom stereocenters. The van der Waals surface area contributed by atoms with Crippen molar-refractivity contribution in [3.05, 3.63) is 18.0 Å². The monoisotopic (exact) mass is 300 g/mol. The molecular formula is C13H20N2O4S. The van der Waals surface area contributed by atoms with Gasteiger partial charge in [0.2, 0.25) is 10.0 Å². The van der Waals surface area contributed by atoms with E-state index in [2.05, 4.69) is 4.98 Å². The zero-order valence-electron chi connectivity index (χ0n) is 12.0. The van der Waals surface area contributed by atoms with Crippen LogP contribution in [0.15, 0.2) is 17.2 Å². The maximum atomic E-state index is 12.3. The minimum absolute atomic E-state index is 0.111. The van der Waals surface area contributed by atoms with Crippen molar-refractivity contribution in [1.29, 1.82) is 0 Å². The van der Waals surface area contributed by atoms with Crippen LogP contribution in [0.2, 0.25) is 0 Å². The lowest BCUT2D eigenvalue weighted by molar-refractivity contribution is 0.00635. The molecule has 0 aliphatic carbocycles. The van der Waals surface area contributed by atoms with Crippen LogP contribution in [0.3, 0.4) is 0 Å². The molecule has 1 aromatic heterocycles. The number of aromatic amines is 1. The third-order valence-electron chi connectivity index (χ3n) is 2.98. The summed E-state index contributed by atoms with van der Waals surface area (Å²) in [7, 11) is -3.50. The molecule has 7 heteroatoms. The summed E-state index contributed by atoms with van der Waals surface area (Å²) >= 11 is 0. The zero-order chi connectivity index (χ0) is 15.0. The van der Waals surface area contributed by atoms with Crippen molar-refractivity contribution >= 4 is 16.0 Å². The Labute approximate surface area is 119 Å². The van der Waals surface area contributed by atoms with Crippen molar-refractivity contribution in [2.75, 3.05) is 13.1 Å². The van der Waals surface area contributed by atoms with Gasteiger partial charge in [-0.05, 0) is 39.7 Å². The van der Waals surface area contributed by atoms with Gasteiger partial charge in [-0.2, -0.15) is 4.31 Å². The SMILES string of the molecule is CC(C)(C)OC(=O)c1cc(S(=O)(=O)N2CCCC2)c[nH]1. The first kappa shape index (κ1) is 15.1. The van der Waals surface area contributed by atoms with Crippen molar-refractivity contribution < 1.29 is 17.9 Å². The molecule has 1 aliphatic rings. The second-order valence-corrected chi connectivity index (χ2v) is 7.80. The lowest BCUT2D eigenvalue weighted by atomic mass is 10.2. The molecule has 2 rings (SSSR count). The average Bonchev–Trinajstić information content (AvgIpc) is 2.99.